The third kappa shape index (κ3) is 3.51. The standard InChI is InChI=1S/C12H21NO3/c1-9(16-10(2)14)12(15)13(3)11-7-5-4-6-8-11/h9,11H,4-8H2,1-3H3/t9-/m0/s1. The quantitative estimate of drug-likeness (QED) is 0.690. The van der Waals surface area contributed by atoms with Gasteiger partial charge in [0.25, 0.3) is 5.91 Å². The van der Waals surface area contributed by atoms with Crippen molar-refractivity contribution in [1.29, 1.82) is 0 Å². The Morgan fingerprint density at radius 2 is 1.81 bits per heavy atom. The molecule has 1 rings (SSSR count). The highest BCUT2D eigenvalue weighted by atomic mass is 16.5. The van der Waals surface area contributed by atoms with Crippen molar-refractivity contribution in [3.8, 4) is 0 Å². The van der Waals surface area contributed by atoms with Crippen LogP contribution >= 0.6 is 0 Å². The molecule has 1 atom stereocenters. The lowest BCUT2D eigenvalue weighted by atomic mass is 9.94. The van der Waals surface area contributed by atoms with Gasteiger partial charge < -0.3 is 9.64 Å². The Morgan fingerprint density at radius 1 is 1.25 bits per heavy atom. The first kappa shape index (κ1) is 13.0. The molecule has 0 aromatic heterocycles. The van der Waals surface area contributed by atoms with Crippen molar-refractivity contribution in [2.24, 2.45) is 0 Å². The molecule has 0 bridgehead atoms. The Kier molecular flexibility index (Phi) is 4.77. The van der Waals surface area contributed by atoms with Gasteiger partial charge in [-0.25, -0.2) is 0 Å². The van der Waals surface area contributed by atoms with Gasteiger partial charge in [0.2, 0.25) is 0 Å². The summed E-state index contributed by atoms with van der Waals surface area (Å²) >= 11 is 0. The van der Waals surface area contributed by atoms with E-state index in [4.69, 9.17) is 4.74 Å². The molecule has 0 aliphatic heterocycles. The molecule has 16 heavy (non-hydrogen) atoms. The third-order valence-electron chi connectivity index (χ3n) is 3.16. The summed E-state index contributed by atoms with van der Waals surface area (Å²) in [7, 11) is 1.80. The van der Waals surface area contributed by atoms with Crippen LogP contribution in [0, 0.1) is 0 Å². The van der Waals surface area contributed by atoms with Crippen LogP contribution in [-0.4, -0.2) is 36.0 Å². The summed E-state index contributed by atoms with van der Waals surface area (Å²) in [5.74, 6) is -0.500. The van der Waals surface area contributed by atoms with Crippen molar-refractivity contribution in [2.75, 3.05) is 7.05 Å². The molecule has 92 valence electrons. The Hall–Kier alpha value is -1.06. The van der Waals surface area contributed by atoms with Crippen LogP contribution < -0.4 is 0 Å². The number of ether oxygens (including phenoxy) is 1. The topological polar surface area (TPSA) is 46.6 Å². The van der Waals surface area contributed by atoms with Crippen molar-refractivity contribution < 1.29 is 14.3 Å². The first-order valence-electron chi connectivity index (χ1n) is 5.96. The molecular formula is C12H21NO3. The molecule has 0 aromatic rings. The van der Waals surface area contributed by atoms with Crippen LogP contribution in [-0.2, 0) is 14.3 Å². The summed E-state index contributed by atoms with van der Waals surface area (Å²) < 4.78 is 4.89. The van der Waals surface area contributed by atoms with Gasteiger partial charge in [0.15, 0.2) is 6.10 Å². The number of nitrogens with zero attached hydrogens (tertiary/aromatic N) is 1. The fourth-order valence-electron chi connectivity index (χ4n) is 2.23. The van der Waals surface area contributed by atoms with Crippen LogP contribution in [0.2, 0.25) is 0 Å². The van der Waals surface area contributed by atoms with Crippen molar-refractivity contribution in [3.05, 3.63) is 0 Å². The van der Waals surface area contributed by atoms with Gasteiger partial charge in [0.1, 0.15) is 0 Å². The van der Waals surface area contributed by atoms with Gasteiger partial charge in [-0.3, -0.25) is 9.59 Å². The molecule has 0 N–H and O–H groups in total. The van der Waals surface area contributed by atoms with Crippen molar-refractivity contribution in [2.45, 2.75) is 58.1 Å². The summed E-state index contributed by atoms with van der Waals surface area (Å²) in [6.45, 7) is 2.95. The summed E-state index contributed by atoms with van der Waals surface area (Å²) in [6.07, 6.45) is 5.10. The van der Waals surface area contributed by atoms with Crippen molar-refractivity contribution in [3.63, 3.8) is 0 Å². The van der Waals surface area contributed by atoms with Crippen LogP contribution in [0.5, 0.6) is 0 Å². The predicted octanol–water partition coefficient (Wildman–Crippen LogP) is 1.73. The molecular weight excluding hydrogens is 206 g/mol. The Bertz CT molecular complexity index is 259. The molecule has 4 heteroatoms. The second-order valence-electron chi connectivity index (χ2n) is 4.49. The average molecular weight is 227 g/mol. The zero-order valence-electron chi connectivity index (χ0n) is 10.4. The minimum atomic E-state index is -0.663. The van der Waals surface area contributed by atoms with Gasteiger partial charge in [0.05, 0.1) is 0 Å². The van der Waals surface area contributed by atoms with Gasteiger partial charge in [-0.05, 0) is 19.8 Å². The van der Waals surface area contributed by atoms with Crippen LogP contribution in [0.15, 0.2) is 0 Å². The highest BCUT2D eigenvalue weighted by molar-refractivity contribution is 5.83. The molecule has 1 fully saturated rings. The summed E-state index contributed by atoms with van der Waals surface area (Å²) in [4.78, 5) is 24.4. The van der Waals surface area contributed by atoms with Gasteiger partial charge in [-0.15, -0.1) is 0 Å². The molecule has 1 aliphatic rings. The van der Waals surface area contributed by atoms with E-state index in [1.54, 1.807) is 18.9 Å². The van der Waals surface area contributed by atoms with E-state index in [9.17, 15) is 9.59 Å². The predicted molar refractivity (Wildman–Crippen MR) is 60.9 cm³/mol. The molecule has 0 spiro atoms. The van der Waals surface area contributed by atoms with Crippen LogP contribution in [0.4, 0.5) is 0 Å². The summed E-state index contributed by atoms with van der Waals surface area (Å²) in [5.41, 5.74) is 0. The number of carbonyl (C=O) groups is 2. The number of amides is 1. The van der Waals surface area contributed by atoms with E-state index in [1.165, 1.54) is 26.2 Å². The minimum Gasteiger partial charge on any atom is -0.453 e. The van der Waals surface area contributed by atoms with Crippen LogP contribution in [0.1, 0.15) is 46.0 Å². The third-order valence-corrected chi connectivity index (χ3v) is 3.16. The number of esters is 1. The van der Waals surface area contributed by atoms with Gasteiger partial charge >= 0.3 is 5.97 Å². The molecule has 0 radical (unpaired) electrons. The zero-order chi connectivity index (χ0) is 12.1. The molecule has 0 unspecified atom stereocenters. The lowest BCUT2D eigenvalue weighted by Gasteiger charge is -2.32. The number of likely N-dealkylation sites (N-methyl/N-ethyl adjacent to an activating group) is 1. The maximum atomic E-state index is 11.9. The lowest BCUT2D eigenvalue weighted by Crippen LogP contribution is -2.44. The van der Waals surface area contributed by atoms with Crippen LogP contribution in [0.25, 0.3) is 0 Å². The summed E-state index contributed by atoms with van der Waals surface area (Å²) in [6, 6.07) is 0.319. The smallest absolute Gasteiger partial charge is 0.303 e. The lowest BCUT2D eigenvalue weighted by molar-refractivity contribution is -0.158. The maximum absolute atomic E-state index is 11.9. The average Bonchev–Trinajstić information content (AvgIpc) is 2.27. The van der Waals surface area contributed by atoms with E-state index in [1.807, 2.05) is 0 Å². The van der Waals surface area contributed by atoms with Crippen molar-refractivity contribution in [1.82, 2.24) is 4.90 Å². The molecule has 1 saturated carbocycles. The van der Waals surface area contributed by atoms with Crippen LogP contribution in [0.3, 0.4) is 0 Å². The number of carbonyl (C=O) groups excluding carboxylic acids is 2. The zero-order valence-corrected chi connectivity index (χ0v) is 10.4. The second-order valence-corrected chi connectivity index (χ2v) is 4.49. The van der Waals surface area contributed by atoms with Gasteiger partial charge in [-0.1, -0.05) is 19.3 Å². The number of hydrogen-bond donors (Lipinski definition) is 0. The largest absolute Gasteiger partial charge is 0.453 e. The molecule has 0 saturated heterocycles. The minimum absolute atomic E-state index is 0.0953. The molecule has 1 amide bonds. The molecule has 0 heterocycles. The van der Waals surface area contributed by atoms with E-state index >= 15 is 0 Å². The number of hydrogen-bond acceptors (Lipinski definition) is 3. The Balaban J connectivity index is 2.48. The van der Waals surface area contributed by atoms with Gasteiger partial charge in [0, 0.05) is 20.0 Å². The molecule has 0 aromatic carbocycles. The second kappa shape index (κ2) is 5.87. The SMILES string of the molecule is CC(=O)O[C@@H](C)C(=O)N(C)C1CCCCC1. The monoisotopic (exact) mass is 227 g/mol. The van der Waals surface area contributed by atoms with E-state index in [0.717, 1.165) is 12.8 Å². The first-order valence-corrected chi connectivity index (χ1v) is 5.96. The first-order chi connectivity index (χ1) is 7.52. The van der Waals surface area contributed by atoms with Gasteiger partial charge in [-0.2, -0.15) is 0 Å². The van der Waals surface area contributed by atoms with E-state index in [2.05, 4.69) is 0 Å². The maximum Gasteiger partial charge on any atom is 0.303 e. The Morgan fingerprint density at radius 3 is 2.31 bits per heavy atom. The fraction of sp³-hybridized carbons (Fsp3) is 0.833. The van der Waals surface area contributed by atoms with E-state index in [-0.39, 0.29) is 5.91 Å². The van der Waals surface area contributed by atoms with E-state index < -0.39 is 12.1 Å². The highest BCUT2D eigenvalue weighted by Crippen LogP contribution is 2.22. The fourth-order valence-corrected chi connectivity index (χ4v) is 2.23. The van der Waals surface area contributed by atoms with E-state index in [0.29, 0.717) is 6.04 Å². The molecule has 1 aliphatic carbocycles. The normalized spacial score (nSPS) is 18.9. The highest BCUT2D eigenvalue weighted by Gasteiger charge is 2.26. The summed E-state index contributed by atoms with van der Waals surface area (Å²) in [5, 5.41) is 0. The van der Waals surface area contributed by atoms with Crippen molar-refractivity contribution >= 4 is 11.9 Å². The molecule has 4 nitrogen and oxygen atoms in total. The number of rotatable bonds is 3. The Labute approximate surface area is 96.9 Å².